The number of hydrogen-bond donors (Lipinski definition) is 3. The largest absolute Gasteiger partial charge is 0.382 e. The van der Waals surface area contributed by atoms with Crippen LogP contribution in [-0.4, -0.2) is 49.1 Å². The quantitative estimate of drug-likeness (QED) is 0.746. The van der Waals surface area contributed by atoms with Crippen molar-refractivity contribution < 1.29 is 9.59 Å². The Hall–Kier alpha value is -2.08. The average molecular weight is 332 g/mol. The Morgan fingerprint density at radius 3 is 2.58 bits per heavy atom. The Morgan fingerprint density at radius 2 is 1.92 bits per heavy atom. The molecule has 1 saturated heterocycles. The van der Waals surface area contributed by atoms with E-state index >= 15 is 0 Å². The molecule has 0 unspecified atom stereocenters. The molecule has 1 aliphatic rings. The molecule has 3 N–H and O–H groups in total. The molecular formula is C18H28N4O2. The fraction of sp³-hybridized carbons (Fsp3) is 0.556. The molecule has 0 bridgehead atoms. The van der Waals surface area contributed by atoms with Crippen LogP contribution in [0, 0.1) is 6.92 Å². The molecule has 0 radical (unpaired) electrons. The summed E-state index contributed by atoms with van der Waals surface area (Å²) >= 11 is 0. The third-order valence-corrected chi connectivity index (χ3v) is 4.25. The maximum absolute atomic E-state index is 11.9. The lowest BCUT2D eigenvalue weighted by atomic mass is 10.0. The molecule has 3 amide bonds. The first-order chi connectivity index (χ1) is 11.6. The second kappa shape index (κ2) is 9.27. The summed E-state index contributed by atoms with van der Waals surface area (Å²) in [4.78, 5) is 25.4. The van der Waals surface area contributed by atoms with Gasteiger partial charge in [-0.25, -0.2) is 4.79 Å². The van der Waals surface area contributed by atoms with E-state index in [1.807, 2.05) is 19.1 Å². The van der Waals surface area contributed by atoms with Gasteiger partial charge in [-0.3, -0.25) is 15.0 Å². The van der Waals surface area contributed by atoms with Gasteiger partial charge < -0.3 is 10.6 Å². The first-order valence-electron chi connectivity index (χ1n) is 8.70. The van der Waals surface area contributed by atoms with Crippen LogP contribution in [0.3, 0.4) is 0 Å². The third kappa shape index (κ3) is 5.85. The Kier molecular flexibility index (Phi) is 7.06. The van der Waals surface area contributed by atoms with E-state index in [1.54, 1.807) is 0 Å². The molecule has 6 heteroatoms. The predicted octanol–water partition coefficient (Wildman–Crippen LogP) is 2.11. The Balaban J connectivity index is 1.70. The molecule has 132 valence electrons. The Morgan fingerprint density at radius 1 is 1.21 bits per heavy atom. The van der Waals surface area contributed by atoms with Gasteiger partial charge in [0.2, 0.25) is 5.91 Å². The van der Waals surface area contributed by atoms with Gasteiger partial charge in [-0.1, -0.05) is 25.1 Å². The molecule has 0 aliphatic carbocycles. The Labute approximate surface area is 144 Å². The molecule has 1 aromatic rings. The second-order valence-corrected chi connectivity index (χ2v) is 6.31. The fourth-order valence-electron chi connectivity index (χ4n) is 2.84. The highest BCUT2D eigenvalue weighted by molar-refractivity contribution is 5.95. The molecule has 24 heavy (non-hydrogen) atoms. The molecule has 0 aromatic heterocycles. The van der Waals surface area contributed by atoms with Gasteiger partial charge in [0.25, 0.3) is 0 Å². The van der Waals surface area contributed by atoms with Crippen molar-refractivity contribution in [2.45, 2.75) is 39.2 Å². The lowest BCUT2D eigenvalue weighted by Crippen LogP contribution is -2.47. The summed E-state index contributed by atoms with van der Waals surface area (Å²) in [6.45, 7) is 6.63. The van der Waals surface area contributed by atoms with Crippen molar-refractivity contribution in [3.8, 4) is 0 Å². The zero-order valence-electron chi connectivity index (χ0n) is 14.6. The number of nitrogens with zero attached hydrogens (tertiary/aromatic N) is 1. The van der Waals surface area contributed by atoms with Gasteiger partial charge in [0.05, 0.1) is 6.54 Å². The number of aryl methyl sites for hydroxylation is 1. The number of piperidine rings is 1. The zero-order chi connectivity index (χ0) is 17.4. The maximum atomic E-state index is 11.9. The van der Waals surface area contributed by atoms with Crippen LogP contribution in [0.15, 0.2) is 24.3 Å². The van der Waals surface area contributed by atoms with E-state index in [1.165, 1.54) is 11.3 Å². The number of urea groups is 1. The van der Waals surface area contributed by atoms with Crippen molar-refractivity contribution in [1.29, 1.82) is 0 Å². The fourth-order valence-corrected chi connectivity index (χ4v) is 2.84. The number of nitrogens with one attached hydrogen (secondary N) is 3. The van der Waals surface area contributed by atoms with Gasteiger partial charge in [-0.05, 0) is 37.8 Å². The number of amides is 3. The highest BCUT2D eigenvalue weighted by Crippen LogP contribution is 2.19. The lowest BCUT2D eigenvalue weighted by molar-refractivity contribution is -0.121. The van der Waals surface area contributed by atoms with Crippen molar-refractivity contribution in [2.75, 3.05) is 31.5 Å². The summed E-state index contributed by atoms with van der Waals surface area (Å²) in [6, 6.07) is 8.31. The van der Waals surface area contributed by atoms with Gasteiger partial charge in [0, 0.05) is 31.4 Å². The summed E-state index contributed by atoms with van der Waals surface area (Å²) in [5, 5.41) is 8.60. The minimum absolute atomic E-state index is 0.242. The number of benzene rings is 1. The van der Waals surface area contributed by atoms with E-state index in [2.05, 4.69) is 39.9 Å². The van der Waals surface area contributed by atoms with Crippen LogP contribution in [0.1, 0.15) is 31.7 Å². The zero-order valence-corrected chi connectivity index (χ0v) is 14.6. The number of likely N-dealkylation sites (tertiary alicyclic amines) is 1. The molecule has 0 saturated carbocycles. The number of anilines is 1. The molecule has 2 rings (SSSR count). The first kappa shape index (κ1) is 18.3. The number of rotatable bonds is 6. The van der Waals surface area contributed by atoms with E-state index < -0.39 is 6.03 Å². The van der Waals surface area contributed by atoms with Crippen LogP contribution in [-0.2, 0) is 4.79 Å². The monoisotopic (exact) mass is 332 g/mol. The van der Waals surface area contributed by atoms with E-state index in [0.717, 1.165) is 32.4 Å². The van der Waals surface area contributed by atoms with E-state index in [-0.39, 0.29) is 12.5 Å². The lowest BCUT2D eigenvalue weighted by Gasteiger charge is -2.32. The molecule has 6 nitrogen and oxygen atoms in total. The molecule has 0 spiro atoms. The van der Waals surface area contributed by atoms with Crippen LogP contribution >= 0.6 is 0 Å². The minimum atomic E-state index is -0.405. The third-order valence-electron chi connectivity index (χ3n) is 4.25. The summed E-state index contributed by atoms with van der Waals surface area (Å²) in [5.74, 6) is -0.242. The molecule has 1 heterocycles. The highest BCUT2D eigenvalue weighted by Gasteiger charge is 2.21. The molecule has 1 aliphatic heterocycles. The Bertz CT molecular complexity index is 554. The van der Waals surface area contributed by atoms with Crippen LogP contribution in [0.4, 0.5) is 10.5 Å². The summed E-state index contributed by atoms with van der Waals surface area (Å²) in [5.41, 5.74) is 2.43. The van der Waals surface area contributed by atoms with Crippen molar-refractivity contribution in [2.24, 2.45) is 0 Å². The molecule has 1 fully saturated rings. The SMILES string of the molecule is CCCNC(=O)NC(=O)CN1CCC(Nc2ccccc2C)CC1. The van der Waals surface area contributed by atoms with Crippen molar-refractivity contribution in [3.63, 3.8) is 0 Å². The van der Waals surface area contributed by atoms with Crippen LogP contribution < -0.4 is 16.0 Å². The number of para-hydroxylation sites is 1. The minimum Gasteiger partial charge on any atom is -0.382 e. The van der Waals surface area contributed by atoms with Gasteiger partial charge in [0.15, 0.2) is 0 Å². The molecule has 0 atom stereocenters. The van der Waals surface area contributed by atoms with E-state index in [0.29, 0.717) is 12.6 Å². The number of carbonyl (C=O) groups excluding carboxylic acids is 2. The first-order valence-corrected chi connectivity index (χ1v) is 8.70. The van der Waals surface area contributed by atoms with Crippen molar-refractivity contribution in [3.05, 3.63) is 29.8 Å². The number of hydrogen-bond acceptors (Lipinski definition) is 4. The van der Waals surface area contributed by atoms with Crippen molar-refractivity contribution in [1.82, 2.24) is 15.5 Å². The summed E-state index contributed by atoms with van der Waals surface area (Å²) in [7, 11) is 0. The topological polar surface area (TPSA) is 73.5 Å². The van der Waals surface area contributed by atoms with Gasteiger partial charge >= 0.3 is 6.03 Å². The number of carbonyl (C=O) groups is 2. The summed E-state index contributed by atoms with van der Waals surface area (Å²) < 4.78 is 0. The van der Waals surface area contributed by atoms with Crippen molar-refractivity contribution >= 4 is 17.6 Å². The van der Waals surface area contributed by atoms with E-state index in [9.17, 15) is 9.59 Å². The van der Waals surface area contributed by atoms with Gasteiger partial charge in [0.1, 0.15) is 0 Å². The smallest absolute Gasteiger partial charge is 0.321 e. The average Bonchev–Trinajstić information content (AvgIpc) is 2.56. The predicted molar refractivity (Wildman–Crippen MR) is 96.1 cm³/mol. The maximum Gasteiger partial charge on any atom is 0.321 e. The van der Waals surface area contributed by atoms with Gasteiger partial charge in [-0.15, -0.1) is 0 Å². The van der Waals surface area contributed by atoms with Crippen LogP contribution in [0.2, 0.25) is 0 Å². The molecule has 1 aromatic carbocycles. The normalized spacial score (nSPS) is 15.8. The number of imide groups is 1. The molecular weight excluding hydrogens is 304 g/mol. The summed E-state index contributed by atoms with van der Waals surface area (Å²) in [6.07, 6.45) is 2.83. The van der Waals surface area contributed by atoms with Crippen LogP contribution in [0.25, 0.3) is 0 Å². The van der Waals surface area contributed by atoms with Gasteiger partial charge in [-0.2, -0.15) is 0 Å². The van der Waals surface area contributed by atoms with Crippen LogP contribution in [0.5, 0.6) is 0 Å². The second-order valence-electron chi connectivity index (χ2n) is 6.31. The standard InChI is InChI=1S/C18H28N4O2/c1-3-10-19-18(24)21-17(23)13-22-11-8-15(9-12-22)20-16-7-5-4-6-14(16)2/h4-7,15,20H,3,8-13H2,1-2H3,(H2,19,21,23,24). The highest BCUT2D eigenvalue weighted by atomic mass is 16.2. The van der Waals surface area contributed by atoms with E-state index in [4.69, 9.17) is 0 Å².